The Hall–Kier alpha value is 0.310. The molecule has 0 aromatic carbocycles. The summed E-state index contributed by atoms with van der Waals surface area (Å²) < 4.78 is 5.49. The third-order valence-electron chi connectivity index (χ3n) is 2.61. The van der Waals surface area contributed by atoms with Crippen molar-refractivity contribution in [2.45, 2.75) is 12.8 Å². The molecule has 58 valence electrons. The van der Waals surface area contributed by atoms with Gasteiger partial charge in [0.15, 0.2) is 0 Å². The molecular formula is C8H14OS. The van der Waals surface area contributed by atoms with Gasteiger partial charge < -0.3 is 4.74 Å². The second-order valence-corrected chi connectivity index (χ2v) is 4.40. The second-order valence-electron chi connectivity index (χ2n) is 3.25. The highest BCUT2D eigenvalue weighted by Crippen LogP contribution is 2.37. The summed E-state index contributed by atoms with van der Waals surface area (Å²) in [6, 6.07) is 0. The predicted molar refractivity (Wildman–Crippen MR) is 44.4 cm³/mol. The van der Waals surface area contributed by atoms with Crippen molar-refractivity contribution in [3.05, 3.63) is 0 Å². The van der Waals surface area contributed by atoms with Crippen molar-refractivity contribution >= 4 is 11.8 Å². The summed E-state index contributed by atoms with van der Waals surface area (Å²) in [6.07, 6.45) is 2.88. The van der Waals surface area contributed by atoms with Crippen LogP contribution >= 0.6 is 11.8 Å². The van der Waals surface area contributed by atoms with Gasteiger partial charge in [-0.3, -0.25) is 0 Å². The molecule has 0 bridgehead atoms. The Morgan fingerprint density at radius 2 is 2.10 bits per heavy atom. The number of thioether (sulfide) groups is 1. The zero-order chi connectivity index (χ0) is 6.81. The lowest BCUT2D eigenvalue weighted by molar-refractivity contribution is 0.0444. The van der Waals surface area contributed by atoms with Crippen molar-refractivity contribution < 1.29 is 4.74 Å². The Bertz CT molecular complexity index is 102. The maximum Gasteiger partial charge on any atom is 0.0556 e. The third kappa shape index (κ3) is 1.32. The minimum Gasteiger partial charge on any atom is -0.380 e. The largest absolute Gasteiger partial charge is 0.380 e. The van der Waals surface area contributed by atoms with E-state index in [1.165, 1.54) is 24.3 Å². The standard InChI is InChI=1S/C8H14OS/c1-2-8-6-10-4-3-9-5-7(1)8/h7-8H,1-6H2. The van der Waals surface area contributed by atoms with Crippen molar-refractivity contribution in [1.29, 1.82) is 0 Å². The molecule has 1 heterocycles. The summed E-state index contributed by atoms with van der Waals surface area (Å²) in [5, 5.41) is 0. The Kier molecular flexibility index (Phi) is 2.19. The van der Waals surface area contributed by atoms with E-state index in [-0.39, 0.29) is 0 Å². The van der Waals surface area contributed by atoms with Crippen LogP contribution in [0.1, 0.15) is 12.8 Å². The molecule has 1 saturated carbocycles. The number of rotatable bonds is 0. The van der Waals surface area contributed by atoms with Gasteiger partial charge in [0.2, 0.25) is 0 Å². The molecule has 2 rings (SSSR count). The summed E-state index contributed by atoms with van der Waals surface area (Å²) in [4.78, 5) is 0. The lowest BCUT2D eigenvalue weighted by atomic mass is 9.75. The minimum absolute atomic E-state index is 0.924. The van der Waals surface area contributed by atoms with Gasteiger partial charge in [-0.15, -0.1) is 0 Å². The normalized spacial score (nSPS) is 40.8. The highest BCUT2D eigenvalue weighted by atomic mass is 32.2. The molecule has 1 nitrogen and oxygen atoms in total. The topological polar surface area (TPSA) is 9.23 Å². The molecule has 1 saturated heterocycles. The molecule has 2 unspecified atom stereocenters. The van der Waals surface area contributed by atoms with E-state index >= 15 is 0 Å². The quantitative estimate of drug-likeness (QED) is 0.531. The Morgan fingerprint density at radius 1 is 1.20 bits per heavy atom. The van der Waals surface area contributed by atoms with Gasteiger partial charge in [0, 0.05) is 12.4 Å². The van der Waals surface area contributed by atoms with Gasteiger partial charge >= 0.3 is 0 Å². The molecule has 0 N–H and O–H groups in total. The van der Waals surface area contributed by atoms with Crippen LogP contribution in [0.15, 0.2) is 0 Å². The Balaban J connectivity index is 1.83. The smallest absolute Gasteiger partial charge is 0.0556 e. The van der Waals surface area contributed by atoms with Gasteiger partial charge in [-0.2, -0.15) is 11.8 Å². The lowest BCUT2D eigenvalue weighted by Crippen LogP contribution is -2.33. The minimum atomic E-state index is 0.924. The summed E-state index contributed by atoms with van der Waals surface area (Å²) in [6.45, 7) is 2.03. The summed E-state index contributed by atoms with van der Waals surface area (Å²) in [7, 11) is 0. The molecular weight excluding hydrogens is 144 g/mol. The molecule has 0 aromatic heterocycles. The highest BCUT2D eigenvalue weighted by Gasteiger charge is 2.31. The van der Waals surface area contributed by atoms with Crippen molar-refractivity contribution in [2.24, 2.45) is 11.8 Å². The maximum absolute atomic E-state index is 5.49. The fourth-order valence-corrected chi connectivity index (χ4v) is 2.81. The molecule has 1 aliphatic heterocycles. The third-order valence-corrected chi connectivity index (χ3v) is 3.73. The predicted octanol–water partition coefficient (Wildman–Crippen LogP) is 1.78. The summed E-state index contributed by atoms with van der Waals surface area (Å²) >= 11 is 2.07. The van der Waals surface area contributed by atoms with Gasteiger partial charge in [0.25, 0.3) is 0 Å². The van der Waals surface area contributed by atoms with E-state index in [9.17, 15) is 0 Å². The number of hydrogen-bond acceptors (Lipinski definition) is 2. The van der Waals surface area contributed by atoms with E-state index in [1.807, 2.05) is 0 Å². The molecule has 2 fully saturated rings. The van der Waals surface area contributed by atoms with Gasteiger partial charge in [-0.1, -0.05) is 0 Å². The zero-order valence-corrected chi connectivity index (χ0v) is 7.03. The molecule has 0 amide bonds. The first-order valence-corrected chi connectivity index (χ1v) is 5.28. The lowest BCUT2D eigenvalue weighted by Gasteiger charge is -2.37. The van der Waals surface area contributed by atoms with Crippen LogP contribution in [-0.4, -0.2) is 24.7 Å². The van der Waals surface area contributed by atoms with Crippen LogP contribution in [0.5, 0.6) is 0 Å². The Morgan fingerprint density at radius 3 is 2.90 bits per heavy atom. The van der Waals surface area contributed by atoms with E-state index in [1.54, 1.807) is 0 Å². The monoisotopic (exact) mass is 158 g/mol. The summed E-state index contributed by atoms with van der Waals surface area (Å²) in [5.41, 5.74) is 0. The van der Waals surface area contributed by atoms with E-state index < -0.39 is 0 Å². The molecule has 2 heteroatoms. The first-order valence-electron chi connectivity index (χ1n) is 4.12. The second kappa shape index (κ2) is 3.14. The molecule has 0 spiro atoms. The molecule has 2 aliphatic rings. The SMILES string of the molecule is C1CSCC2CCC2CO1. The fourth-order valence-electron chi connectivity index (χ4n) is 1.66. The van der Waals surface area contributed by atoms with Gasteiger partial charge in [0.05, 0.1) is 6.61 Å². The van der Waals surface area contributed by atoms with Crippen LogP contribution in [-0.2, 0) is 4.74 Å². The molecule has 0 aromatic rings. The molecule has 1 aliphatic carbocycles. The first kappa shape index (κ1) is 6.99. The average molecular weight is 158 g/mol. The van der Waals surface area contributed by atoms with Crippen LogP contribution in [0, 0.1) is 11.8 Å². The van der Waals surface area contributed by atoms with Crippen molar-refractivity contribution in [3.8, 4) is 0 Å². The van der Waals surface area contributed by atoms with Crippen LogP contribution in [0.2, 0.25) is 0 Å². The van der Waals surface area contributed by atoms with E-state index in [4.69, 9.17) is 4.74 Å². The first-order chi connectivity index (χ1) is 4.97. The summed E-state index contributed by atoms with van der Waals surface area (Å²) in [5.74, 6) is 4.54. The van der Waals surface area contributed by atoms with E-state index in [2.05, 4.69) is 11.8 Å². The van der Waals surface area contributed by atoms with E-state index in [0.29, 0.717) is 0 Å². The van der Waals surface area contributed by atoms with Gasteiger partial charge in [-0.05, 0) is 30.4 Å². The molecule has 10 heavy (non-hydrogen) atoms. The number of hydrogen-bond donors (Lipinski definition) is 0. The van der Waals surface area contributed by atoms with Gasteiger partial charge in [-0.25, -0.2) is 0 Å². The average Bonchev–Trinajstić information content (AvgIpc) is 1.89. The number of ether oxygens (including phenoxy) is 1. The van der Waals surface area contributed by atoms with Crippen LogP contribution in [0.4, 0.5) is 0 Å². The van der Waals surface area contributed by atoms with E-state index in [0.717, 1.165) is 25.0 Å². The highest BCUT2D eigenvalue weighted by molar-refractivity contribution is 7.99. The van der Waals surface area contributed by atoms with Crippen molar-refractivity contribution in [3.63, 3.8) is 0 Å². The molecule has 0 radical (unpaired) electrons. The van der Waals surface area contributed by atoms with Crippen molar-refractivity contribution in [2.75, 3.05) is 24.7 Å². The van der Waals surface area contributed by atoms with Crippen LogP contribution in [0.3, 0.4) is 0 Å². The van der Waals surface area contributed by atoms with Crippen LogP contribution in [0.25, 0.3) is 0 Å². The molecule has 2 atom stereocenters. The zero-order valence-electron chi connectivity index (χ0n) is 6.21. The maximum atomic E-state index is 5.49. The van der Waals surface area contributed by atoms with Crippen molar-refractivity contribution in [1.82, 2.24) is 0 Å². The van der Waals surface area contributed by atoms with Gasteiger partial charge in [0.1, 0.15) is 0 Å². The number of fused-ring (bicyclic) bond motifs is 1. The Labute approximate surface area is 66.5 Å². The fraction of sp³-hybridized carbons (Fsp3) is 1.00. The van der Waals surface area contributed by atoms with Crippen LogP contribution < -0.4 is 0 Å².